The number of carbonyl (C=O) groups is 1. The summed E-state index contributed by atoms with van der Waals surface area (Å²) in [6, 6.07) is 6.04. The van der Waals surface area contributed by atoms with Crippen molar-refractivity contribution < 1.29 is 14.3 Å². The van der Waals surface area contributed by atoms with Gasteiger partial charge in [0.15, 0.2) is 0 Å². The van der Waals surface area contributed by atoms with Crippen LogP contribution in [-0.2, 0) is 16.1 Å². The van der Waals surface area contributed by atoms with Gasteiger partial charge < -0.3 is 20.1 Å². The Morgan fingerprint density at radius 3 is 2.70 bits per heavy atom. The maximum absolute atomic E-state index is 11.4. The van der Waals surface area contributed by atoms with Gasteiger partial charge in [-0.3, -0.25) is 4.79 Å². The van der Waals surface area contributed by atoms with Crippen LogP contribution in [0.2, 0.25) is 0 Å². The summed E-state index contributed by atoms with van der Waals surface area (Å²) in [7, 11) is 3.30. The van der Waals surface area contributed by atoms with Gasteiger partial charge in [-0.05, 0) is 31.5 Å². The Labute approximate surface area is 120 Å². The quantitative estimate of drug-likeness (QED) is 0.760. The Hall–Kier alpha value is -1.59. The van der Waals surface area contributed by atoms with Crippen molar-refractivity contribution in [2.24, 2.45) is 0 Å². The minimum atomic E-state index is 0.00461. The molecule has 5 heteroatoms. The molecular formula is C15H24N2O3. The molecule has 0 radical (unpaired) electrons. The van der Waals surface area contributed by atoms with E-state index >= 15 is 0 Å². The van der Waals surface area contributed by atoms with Crippen LogP contribution in [0.4, 0.5) is 0 Å². The van der Waals surface area contributed by atoms with Gasteiger partial charge in [-0.2, -0.15) is 0 Å². The minimum absolute atomic E-state index is 0.00461. The van der Waals surface area contributed by atoms with Crippen LogP contribution in [0.25, 0.3) is 0 Å². The van der Waals surface area contributed by atoms with Crippen LogP contribution in [0.3, 0.4) is 0 Å². The van der Waals surface area contributed by atoms with Crippen molar-refractivity contribution in [2.45, 2.75) is 26.5 Å². The van der Waals surface area contributed by atoms with Crippen molar-refractivity contribution in [3.63, 3.8) is 0 Å². The Morgan fingerprint density at radius 1 is 1.35 bits per heavy atom. The number of benzene rings is 1. The average molecular weight is 280 g/mol. The molecule has 0 saturated heterocycles. The first-order valence-corrected chi connectivity index (χ1v) is 6.78. The number of carbonyl (C=O) groups excluding carboxylic acids is 1. The molecule has 1 amide bonds. The molecule has 1 aromatic rings. The predicted octanol–water partition coefficient (Wildman–Crippen LogP) is 1.63. The molecule has 0 heterocycles. The fraction of sp³-hybridized carbons (Fsp3) is 0.533. The summed E-state index contributed by atoms with van der Waals surface area (Å²) in [5.41, 5.74) is 2.10. The second kappa shape index (κ2) is 8.55. The third kappa shape index (κ3) is 4.83. The molecule has 1 unspecified atom stereocenters. The number of nitrogens with one attached hydrogen (secondary N) is 2. The minimum Gasteiger partial charge on any atom is -0.496 e. The highest BCUT2D eigenvalue weighted by Crippen LogP contribution is 2.23. The molecule has 0 aliphatic heterocycles. The van der Waals surface area contributed by atoms with Crippen molar-refractivity contribution in [2.75, 3.05) is 27.3 Å². The molecule has 5 nitrogen and oxygen atoms in total. The summed E-state index contributed by atoms with van der Waals surface area (Å²) in [6.45, 7) is 5.38. The molecule has 0 aromatic heterocycles. The Kier molecular flexibility index (Phi) is 7.04. The highest BCUT2D eigenvalue weighted by atomic mass is 16.5. The van der Waals surface area contributed by atoms with Crippen LogP contribution in [0.5, 0.6) is 5.75 Å². The first kappa shape index (κ1) is 16.5. The number of hydrogen-bond acceptors (Lipinski definition) is 4. The molecule has 2 N–H and O–H groups in total. The van der Waals surface area contributed by atoms with E-state index < -0.39 is 0 Å². The van der Waals surface area contributed by atoms with Crippen molar-refractivity contribution in [1.82, 2.24) is 10.6 Å². The first-order chi connectivity index (χ1) is 9.62. The van der Waals surface area contributed by atoms with Crippen LogP contribution in [0.15, 0.2) is 18.2 Å². The lowest BCUT2D eigenvalue weighted by Crippen LogP contribution is -2.34. The zero-order chi connectivity index (χ0) is 15.0. The molecule has 0 fully saturated rings. The van der Waals surface area contributed by atoms with Gasteiger partial charge in [-0.15, -0.1) is 0 Å². The topological polar surface area (TPSA) is 59.6 Å². The third-order valence-corrected chi connectivity index (χ3v) is 3.05. The van der Waals surface area contributed by atoms with Gasteiger partial charge in [-0.25, -0.2) is 0 Å². The molecule has 0 aliphatic carbocycles. The zero-order valence-electron chi connectivity index (χ0n) is 12.7. The number of amides is 1. The molecule has 0 bridgehead atoms. The normalized spacial score (nSPS) is 12.0. The SMILES string of the molecule is CCNC(=O)CNC(C)c1ccc(OC)c(COC)c1. The molecule has 0 aliphatic rings. The van der Waals surface area contributed by atoms with Crippen molar-refractivity contribution in [3.8, 4) is 5.75 Å². The maximum atomic E-state index is 11.4. The number of methoxy groups -OCH3 is 2. The van der Waals surface area contributed by atoms with Gasteiger partial charge in [-0.1, -0.05) is 6.07 Å². The van der Waals surface area contributed by atoms with Gasteiger partial charge in [0.05, 0.1) is 20.3 Å². The predicted molar refractivity (Wildman–Crippen MR) is 78.8 cm³/mol. The van der Waals surface area contributed by atoms with E-state index in [-0.39, 0.29) is 11.9 Å². The smallest absolute Gasteiger partial charge is 0.233 e. The van der Waals surface area contributed by atoms with Crippen molar-refractivity contribution >= 4 is 5.91 Å². The van der Waals surface area contributed by atoms with E-state index in [9.17, 15) is 4.79 Å². The molecular weight excluding hydrogens is 256 g/mol. The summed E-state index contributed by atoms with van der Waals surface area (Å²) >= 11 is 0. The van der Waals surface area contributed by atoms with E-state index in [1.165, 1.54) is 0 Å². The number of likely N-dealkylation sites (N-methyl/N-ethyl adjacent to an activating group) is 1. The van der Waals surface area contributed by atoms with Crippen molar-refractivity contribution in [1.29, 1.82) is 0 Å². The highest BCUT2D eigenvalue weighted by Gasteiger charge is 2.10. The maximum Gasteiger partial charge on any atom is 0.233 e. The molecule has 0 spiro atoms. The van der Waals surface area contributed by atoms with Gasteiger partial charge >= 0.3 is 0 Å². The summed E-state index contributed by atoms with van der Waals surface area (Å²) in [4.78, 5) is 11.4. The lowest BCUT2D eigenvalue weighted by Gasteiger charge is -2.16. The van der Waals surface area contributed by atoms with Crippen LogP contribution < -0.4 is 15.4 Å². The summed E-state index contributed by atoms with van der Waals surface area (Å²) in [5.74, 6) is 0.816. The number of ether oxygens (including phenoxy) is 2. The zero-order valence-corrected chi connectivity index (χ0v) is 12.7. The first-order valence-electron chi connectivity index (χ1n) is 6.78. The molecule has 112 valence electrons. The van der Waals surface area contributed by atoms with Crippen LogP contribution in [-0.4, -0.2) is 33.2 Å². The fourth-order valence-corrected chi connectivity index (χ4v) is 1.96. The lowest BCUT2D eigenvalue weighted by atomic mass is 10.0. The van der Waals surface area contributed by atoms with Gasteiger partial charge in [0.25, 0.3) is 0 Å². The average Bonchev–Trinajstić information content (AvgIpc) is 2.45. The largest absolute Gasteiger partial charge is 0.496 e. The Balaban J connectivity index is 2.70. The summed E-state index contributed by atoms with van der Waals surface area (Å²) in [6.07, 6.45) is 0. The molecule has 1 rings (SSSR count). The van der Waals surface area contributed by atoms with Crippen LogP contribution >= 0.6 is 0 Å². The van der Waals surface area contributed by atoms with Gasteiger partial charge in [0.2, 0.25) is 5.91 Å². The number of rotatable bonds is 8. The number of hydrogen-bond donors (Lipinski definition) is 2. The van der Waals surface area contributed by atoms with Gasteiger partial charge in [0, 0.05) is 25.3 Å². The fourth-order valence-electron chi connectivity index (χ4n) is 1.96. The van der Waals surface area contributed by atoms with E-state index in [1.807, 2.05) is 32.0 Å². The van der Waals surface area contributed by atoms with E-state index in [2.05, 4.69) is 10.6 Å². The molecule has 20 heavy (non-hydrogen) atoms. The Morgan fingerprint density at radius 2 is 2.10 bits per heavy atom. The van der Waals surface area contributed by atoms with E-state index in [0.29, 0.717) is 19.7 Å². The summed E-state index contributed by atoms with van der Waals surface area (Å²) in [5, 5.41) is 5.96. The van der Waals surface area contributed by atoms with E-state index in [1.54, 1.807) is 14.2 Å². The standard InChI is InChI=1S/C15H24N2O3/c1-5-16-15(18)9-17-11(2)12-6-7-14(20-4)13(8-12)10-19-3/h6-8,11,17H,5,9-10H2,1-4H3,(H,16,18). The van der Waals surface area contributed by atoms with Crippen LogP contribution in [0.1, 0.15) is 31.0 Å². The Bertz CT molecular complexity index is 435. The second-order valence-electron chi connectivity index (χ2n) is 4.56. The lowest BCUT2D eigenvalue weighted by molar-refractivity contribution is -0.120. The molecule has 1 atom stereocenters. The molecule has 1 aromatic carbocycles. The summed E-state index contributed by atoms with van der Waals surface area (Å²) < 4.78 is 10.5. The van der Waals surface area contributed by atoms with E-state index in [0.717, 1.165) is 16.9 Å². The van der Waals surface area contributed by atoms with Gasteiger partial charge in [0.1, 0.15) is 5.75 Å². The second-order valence-corrected chi connectivity index (χ2v) is 4.56. The highest BCUT2D eigenvalue weighted by molar-refractivity contribution is 5.77. The van der Waals surface area contributed by atoms with Crippen molar-refractivity contribution in [3.05, 3.63) is 29.3 Å². The van der Waals surface area contributed by atoms with E-state index in [4.69, 9.17) is 9.47 Å². The molecule has 0 saturated carbocycles. The monoisotopic (exact) mass is 280 g/mol. The van der Waals surface area contributed by atoms with Crippen LogP contribution in [0, 0.1) is 0 Å². The third-order valence-electron chi connectivity index (χ3n) is 3.05.